The van der Waals surface area contributed by atoms with Gasteiger partial charge >= 0.3 is 0 Å². The molecule has 0 atom stereocenters. The van der Waals surface area contributed by atoms with Crippen LogP contribution in [0.5, 0.6) is 5.75 Å². The van der Waals surface area contributed by atoms with Gasteiger partial charge in [-0.05, 0) is 55.0 Å². The van der Waals surface area contributed by atoms with E-state index in [-0.39, 0.29) is 11.2 Å². The number of benzene rings is 2. The molecule has 0 saturated carbocycles. The van der Waals surface area contributed by atoms with E-state index in [1.54, 1.807) is 12.3 Å². The third-order valence-electron chi connectivity index (χ3n) is 4.63. The quantitative estimate of drug-likeness (QED) is 0.586. The van der Waals surface area contributed by atoms with Gasteiger partial charge in [0.1, 0.15) is 11.3 Å². The van der Waals surface area contributed by atoms with E-state index in [0.29, 0.717) is 5.52 Å². The minimum Gasteiger partial charge on any atom is -0.506 e. The highest BCUT2D eigenvalue weighted by molar-refractivity contribution is 5.92. The van der Waals surface area contributed by atoms with Crippen LogP contribution in [0.25, 0.3) is 10.9 Å². The summed E-state index contributed by atoms with van der Waals surface area (Å²) >= 11 is 0. The van der Waals surface area contributed by atoms with Crippen LogP contribution in [0.1, 0.15) is 48.7 Å². The van der Waals surface area contributed by atoms with Gasteiger partial charge in [0, 0.05) is 5.39 Å². The van der Waals surface area contributed by atoms with Gasteiger partial charge < -0.3 is 5.11 Å². The third kappa shape index (κ3) is 3.48. The van der Waals surface area contributed by atoms with E-state index in [0.717, 1.165) is 27.9 Å². The van der Waals surface area contributed by atoms with Crippen LogP contribution in [-0.4, -0.2) is 16.3 Å². The number of phenols is 1. The molecular weight excluding hydrogens is 320 g/mol. The van der Waals surface area contributed by atoms with Crippen LogP contribution in [-0.2, 0) is 5.41 Å². The van der Waals surface area contributed by atoms with Crippen molar-refractivity contribution < 1.29 is 5.11 Å². The van der Waals surface area contributed by atoms with Crippen molar-refractivity contribution in [3.8, 4) is 5.75 Å². The number of aromatic hydroxyl groups is 1. The van der Waals surface area contributed by atoms with E-state index in [1.165, 1.54) is 11.1 Å². The molecule has 26 heavy (non-hydrogen) atoms. The standard InChI is InChI=1S/C23H26N2O/c1-14-11-15(2)21(16(3)12-14)24-13-17-7-8-18-19(23(4,5)6)9-10-20(26)22(18)25-17/h7-13,26H,1-6H3. The lowest BCUT2D eigenvalue weighted by Gasteiger charge is -2.21. The fraction of sp³-hybridized carbons (Fsp3) is 0.304. The highest BCUT2D eigenvalue weighted by Crippen LogP contribution is 2.33. The number of fused-ring (bicyclic) bond motifs is 1. The molecule has 1 N–H and O–H groups in total. The summed E-state index contributed by atoms with van der Waals surface area (Å²) in [4.78, 5) is 9.30. The van der Waals surface area contributed by atoms with Crippen LogP contribution in [0.4, 0.5) is 5.69 Å². The van der Waals surface area contributed by atoms with Crippen molar-refractivity contribution in [1.29, 1.82) is 0 Å². The molecule has 2 aromatic carbocycles. The molecule has 0 aliphatic heterocycles. The van der Waals surface area contributed by atoms with Crippen molar-refractivity contribution in [2.24, 2.45) is 4.99 Å². The highest BCUT2D eigenvalue weighted by atomic mass is 16.3. The average molecular weight is 346 g/mol. The minimum absolute atomic E-state index is 0.0145. The lowest BCUT2D eigenvalue weighted by molar-refractivity contribution is 0.479. The van der Waals surface area contributed by atoms with Gasteiger partial charge in [0.25, 0.3) is 0 Å². The number of aromatic nitrogens is 1. The average Bonchev–Trinajstić information content (AvgIpc) is 2.53. The molecule has 3 nitrogen and oxygen atoms in total. The maximum atomic E-state index is 10.3. The van der Waals surface area contributed by atoms with E-state index in [4.69, 9.17) is 0 Å². The Labute approximate surface area is 155 Å². The maximum Gasteiger partial charge on any atom is 0.141 e. The maximum absolute atomic E-state index is 10.3. The van der Waals surface area contributed by atoms with Crippen LogP contribution < -0.4 is 0 Å². The van der Waals surface area contributed by atoms with Crippen molar-refractivity contribution in [3.63, 3.8) is 0 Å². The van der Waals surface area contributed by atoms with Crippen molar-refractivity contribution in [2.45, 2.75) is 47.0 Å². The summed E-state index contributed by atoms with van der Waals surface area (Å²) in [6.45, 7) is 12.7. The zero-order valence-electron chi connectivity index (χ0n) is 16.4. The summed E-state index contributed by atoms with van der Waals surface area (Å²) in [6, 6.07) is 12.0. The number of aryl methyl sites for hydroxylation is 3. The second kappa shape index (κ2) is 6.56. The summed E-state index contributed by atoms with van der Waals surface area (Å²) in [5, 5.41) is 11.3. The molecule has 0 amide bonds. The summed E-state index contributed by atoms with van der Waals surface area (Å²) in [5.41, 5.74) is 7.03. The molecule has 134 valence electrons. The third-order valence-corrected chi connectivity index (χ3v) is 4.63. The molecule has 0 bridgehead atoms. The Morgan fingerprint density at radius 3 is 2.23 bits per heavy atom. The molecule has 3 aromatic rings. The second-order valence-corrected chi connectivity index (χ2v) is 8.02. The Morgan fingerprint density at radius 2 is 1.62 bits per heavy atom. The van der Waals surface area contributed by atoms with Crippen LogP contribution in [0, 0.1) is 20.8 Å². The number of nitrogens with zero attached hydrogens (tertiary/aromatic N) is 2. The molecular formula is C23H26N2O. The minimum atomic E-state index is -0.0145. The zero-order valence-corrected chi connectivity index (χ0v) is 16.4. The Hall–Kier alpha value is -2.68. The molecule has 3 heteroatoms. The Balaban J connectivity index is 2.07. The van der Waals surface area contributed by atoms with Crippen LogP contribution in [0.3, 0.4) is 0 Å². The Bertz CT molecular complexity index is 988. The van der Waals surface area contributed by atoms with Gasteiger partial charge in [-0.2, -0.15) is 0 Å². The molecule has 0 unspecified atom stereocenters. The predicted octanol–water partition coefficient (Wildman–Crippen LogP) is 5.91. The van der Waals surface area contributed by atoms with Gasteiger partial charge in [-0.15, -0.1) is 0 Å². The van der Waals surface area contributed by atoms with Crippen molar-refractivity contribution >= 4 is 22.8 Å². The number of rotatable bonds is 2. The van der Waals surface area contributed by atoms with Gasteiger partial charge in [0.15, 0.2) is 0 Å². The van der Waals surface area contributed by atoms with Crippen molar-refractivity contribution in [1.82, 2.24) is 4.98 Å². The van der Waals surface area contributed by atoms with Gasteiger partial charge in [0.05, 0.1) is 17.6 Å². The number of hydrogen-bond acceptors (Lipinski definition) is 3. The second-order valence-electron chi connectivity index (χ2n) is 8.02. The number of pyridine rings is 1. The summed E-state index contributed by atoms with van der Waals surface area (Å²) in [7, 11) is 0. The SMILES string of the molecule is Cc1cc(C)c(N=Cc2ccc3c(C(C)(C)C)ccc(O)c3n2)c(C)c1. The van der Waals surface area contributed by atoms with E-state index in [2.05, 4.69) is 63.7 Å². The number of aliphatic imine (C=N–C) groups is 1. The summed E-state index contributed by atoms with van der Waals surface area (Å²) in [5.74, 6) is 0.200. The highest BCUT2D eigenvalue weighted by Gasteiger charge is 2.18. The molecule has 0 radical (unpaired) electrons. The Morgan fingerprint density at radius 1 is 0.962 bits per heavy atom. The largest absolute Gasteiger partial charge is 0.506 e. The molecule has 0 aliphatic rings. The van der Waals surface area contributed by atoms with Crippen LogP contribution >= 0.6 is 0 Å². The molecule has 0 saturated heterocycles. The normalized spacial score (nSPS) is 12.2. The fourth-order valence-electron chi connectivity index (χ4n) is 3.45. The van der Waals surface area contributed by atoms with Crippen molar-refractivity contribution in [3.05, 3.63) is 64.3 Å². The fourth-order valence-corrected chi connectivity index (χ4v) is 3.45. The van der Waals surface area contributed by atoms with E-state index < -0.39 is 0 Å². The number of phenolic OH excluding ortho intramolecular Hbond substituents is 1. The lowest BCUT2D eigenvalue weighted by atomic mass is 9.84. The lowest BCUT2D eigenvalue weighted by Crippen LogP contribution is -2.11. The molecule has 0 spiro atoms. The molecule has 3 rings (SSSR count). The monoisotopic (exact) mass is 346 g/mol. The van der Waals surface area contributed by atoms with Crippen LogP contribution in [0.15, 0.2) is 41.4 Å². The first-order chi connectivity index (χ1) is 12.2. The topological polar surface area (TPSA) is 45.5 Å². The van der Waals surface area contributed by atoms with Crippen molar-refractivity contribution in [2.75, 3.05) is 0 Å². The molecule has 0 fully saturated rings. The molecule has 1 heterocycles. The number of hydrogen-bond donors (Lipinski definition) is 1. The predicted molar refractivity (Wildman–Crippen MR) is 110 cm³/mol. The first-order valence-electron chi connectivity index (χ1n) is 8.92. The zero-order chi connectivity index (χ0) is 19.1. The van der Waals surface area contributed by atoms with E-state index in [1.807, 2.05) is 18.2 Å². The summed E-state index contributed by atoms with van der Waals surface area (Å²) < 4.78 is 0. The van der Waals surface area contributed by atoms with Gasteiger partial charge in [-0.1, -0.05) is 50.6 Å². The first-order valence-corrected chi connectivity index (χ1v) is 8.92. The summed E-state index contributed by atoms with van der Waals surface area (Å²) in [6.07, 6.45) is 1.77. The van der Waals surface area contributed by atoms with E-state index in [9.17, 15) is 5.11 Å². The van der Waals surface area contributed by atoms with Gasteiger partial charge in [-0.3, -0.25) is 4.99 Å². The molecule has 0 aliphatic carbocycles. The Kier molecular flexibility index (Phi) is 4.57. The van der Waals surface area contributed by atoms with E-state index >= 15 is 0 Å². The first kappa shape index (κ1) is 18.1. The van der Waals surface area contributed by atoms with Gasteiger partial charge in [-0.25, -0.2) is 4.98 Å². The van der Waals surface area contributed by atoms with Gasteiger partial charge in [0.2, 0.25) is 0 Å². The molecule has 1 aromatic heterocycles. The smallest absolute Gasteiger partial charge is 0.141 e. The van der Waals surface area contributed by atoms with Crippen LogP contribution in [0.2, 0.25) is 0 Å².